The summed E-state index contributed by atoms with van der Waals surface area (Å²) in [6, 6.07) is 39.0. The molecule has 0 radical (unpaired) electrons. The smallest absolute Gasteiger partial charge is 0.290 e. The molecule has 0 saturated heterocycles. The molecule has 1 heterocycles. The molecule has 6 nitrogen and oxygen atoms in total. The summed E-state index contributed by atoms with van der Waals surface area (Å²) in [6.07, 6.45) is 0. The number of nitrogens with zero attached hydrogens (tertiary/aromatic N) is 1. The number of fused-ring (bicyclic) bond motifs is 1. The van der Waals surface area contributed by atoms with Crippen molar-refractivity contribution >= 4 is 57.9 Å². The van der Waals surface area contributed by atoms with Crippen LogP contribution in [-0.2, 0) is 15.9 Å². The highest BCUT2D eigenvalue weighted by molar-refractivity contribution is 6.31. The van der Waals surface area contributed by atoms with Crippen LogP contribution >= 0.6 is 34.8 Å². The van der Waals surface area contributed by atoms with E-state index in [-0.39, 0.29) is 0 Å². The molecule has 1 aliphatic heterocycles. The Labute approximate surface area is 298 Å². The molecule has 0 unspecified atom stereocenters. The van der Waals surface area contributed by atoms with Gasteiger partial charge >= 0.3 is 0 Å². The van der Waals surface area contributed by atoms with Crippen molar-refractivity contribution in [3.05, 3.63) is 159 Å². The number of aliphatic hydroxyl groups is 1. The van der Waals surface area contributed by atoms with Crippen LogP contribution in [0.3, 0.4) is 0 Å². The van der Waals surface area contributed by atoms with Crippen LogP contribution in [0, 0.1) is 0 Å². The minimum Gasteiger partial charge on any atom is -0.449 e. The topological polar surface area (TPSA) is 77.9 Å². The van der Waals surface area contributed by atoms with Gasteiger partial charge in [-0.1, -0.05) is 95.5 Å². The van der Waals surface area contributed by atoms with Gasteiger partial charge in [0.2, 0.25) is 0 Å². The highest BCUT2D eigenvalue weighted by Crippen LogP contribution is 2.42. The van der Waals surface area contributed by atoms with Crippen LogP contribution in [0.25, 0.3) is 0 Å². The molecule has 4 N–H and O–H groups in total. The van der Waals surface area contributed by atoms with Crippen LogP contribution in [0.1, 0.15) is 43.0 Å². The number of amidine groups is 1. The van der Waals surface area contributed by atoms with Crippen molar-refractivity contribution in [3.8, 4) is 0 Å². The van der Waals surface area contributed by atoms with Gasteiger partial charge in [-0.25, -0.2) is 4.99 Å². The molecule has 0 amide bonds. The molecule has 1 aliphatic rings. The molecule has 0 fully saturated rings. The van der Waals surface area contributed by atoms with E-state index in [1.165, 1.54) is 0 Å². The monoisotopic (exact) mass is 702 g/mol. The SMILES string of the molecule is CCN=C1Nc2ccc(Cl)cc2[C@@](C)(c2ccccc2)O1.CNc1ccc(Cl)cc1.CNc1ccc(Cl)cc1[C@@](C)(O)c1ccccc1. The summed E-state index contributed by atoms with van der Waals surface area (Å²) in [5.41, 5.74) is 4.92. The Bertz CT molecular complexity index is 1800. The van der Waals surface area contributed by atoms with Crippen molar-refractivity contribution in [2.75, 3.05) is 36.6 Å². The number of benzene rings is 5. The van der Waals surface area contributed by atoms with Crippen LogP contribution in [0.15, 0.2) is 126 Å². The number of hydrogen-bond acceptors (Lipinski definition) is 5. The molecule has 0 saturated carbocycles. The lowest BCUT2D eigenvalue weighted by molar-refractivity contribution is 0.103. The average Bonchev–Trinajstić information content (AvgIpc) is 3.10. The number of aliphatic imine (C=N–C) groups is 1. The Hall–Kier alpha value is -4.20. The van der Waals surface area contributed by atoms with Crippen molar-refractivity contribution in [2.45, 2.75) is 32.0 Å². The molecular formula is C39H41Cl3N4O2. The molecule has 0 aromatic heterocycles. The fourth-order valence-corrected chi connectivity index (χ4v) is 5.74. The van der Waals surface area contributed by atoms with Crippen LogP contribution in [0.4, 0.5) is 17.1 Å². The second-order valence-corrected chi connectivity index (χ2v) is 12.5. The van der Waals surface area contributed by atoms with Crippen molar-refractivity contribution < 1.29 is 9.84 Å². The molecule has 0 bridgehead atoms. The largest absolute Gasteiger partial charge is 0.449 e. The molecule has 48 heavy (non-hydrogen) atoms. The summed E-state index contributed by atoms with van der Waals surface area (Å²) in [7, 11) is 3.71. The highest BCUT2D eigenvalue weighted by atomic mass is 35.5. The zero-order valence-electron chi connectivity index (χ0n) is 27.7. The maximum absolute atomic E-state index is 10.8. The Kier molecular flexibility index (Phi) is 12.8. The maximum atomic E-state index is 10.8. The Balaban J connectivity index is 0.000000175. The van der Waals surface area contributed by atoms with Crippen molar-refractivity contribution in [3.63, 3.8) is 0 Å². The third-order valence-electron chi connectivity index (χ3n) is 7.91. The van der Waals surface area contributed by atoms with E-state index in [4.69, 9.17) is 39.5 Å². The van der Waals surface area contributed by atoms with E-state index in [0.29, 0.717) is 22.6 Å². The van der Waals surface area contributed by atoms with Gasteiger partial charge in [0.05, 0.1) is 0 Å². The number of rotatable bonds is 6. The number of nitrogens with one attached hydrogen (secondary N) is 3. The minimum atomic E-state index is -1.08. The van der Waals surface area contributed by atoms with E-state index < -0.39 is 11.2 Å². The zero-order chi connectivity index (χ0) is 34.7. The van der Waals surface area contributed by atoms with Crippen molar-refractivity contribution in [2.24, 2.45) is 4.99 Å². The van der Waals surface area contributed by atoms with Gasteiger partial charge in [-0.2, -0.15) is 0 Å². The van der Waals surface area contributed by atoms with Gasteiger partial charge in [0.25, 0.3) is 6.02 Å². The van der Waals surface area contributed by atoms with E-state index in [1.54, 1.807) is 19.1 Å². The van der Waals surface area contributed by atoms with Gasteiger partial charge in [0.15, 0.2) is 5.60 Å². The van der Waals surface area contributed by atoms with E-state index in [2.05, 4.69) is 33.1 Å². The standard InChI is InChI=1S/C17H17ClN2O.C15H16ClNO.C7H8ClN/c1-3-19-16-20-15-10-9-13(18)11-14(15)17(2,21-16)12-7-5-4-6-8-12;1-15(18,11-6-4-3-5-7-11)13-10-12(16)8-9-14(13)17-2;1-9-7-4-2-6(8)3-5-7/h4-11H,3H2,1-2H3,(H,19,20);3-10,17-18H,1-2H3;2-5,9H,1H3/t17-;15-;/m10./s1. The fraction of sp³-hybridized carbons (Fsp3) is 0.205. The van der Waals surface area contributed by atoms with Crippen molar-refractivity contribution in [1.82, 2.24) is 0 Å². The van der Waals surface area contributed by atoms with Gasteiger partial charge in [0.1, 0.15) is 5.60 Å². The van der Waals surface area contributed by atoms with Crippen molar-refractivity contribution in [1.29, 1.82) is 0 Å². The highest BCUT2D eigenvalue weighted by Gasteiger charge is 2.38. The summed E-state index contributed by atoms with van der Waals surface area (Å²) in [4.78, 5) is 4.38. The quantitative estimate of drug-likeness (QED) is 0.142. The molecular weight excluding hydrogens is 663 g/mol. The molecule has 9 heteroatoms. The predicted molar refractivity (Wildman–Crippen MR) is 204 cm³/mol. The van der Waals surface area contributed by atoms with E-state index >= 15 is 0 Å². The lowest BCUT2D eigenvalue weighted by Gasteiger charge is -2.38. The van der Waals surface area contributed by atoms with E-state index in [0.717, 1.165) is 44.3 Å². The Morgan fingerprint density at radius 3 is 1.96 bits per heavy atom. The molecule has 2 atom stereocenters. The third-order valence-corrected chi connectivity index (χ3v) is 8.63. The molecule has 5 aromatic carbocycles. The lowest BCUT2D eigenvalue weighted by atomic mass is 9.86. The van der Waals surface area contributed by atoms with Gasteiger partial charge in [-0.05, 0) is 92.6 Å². The van der Waals surface area contributed by atoms with Gasteiger partial charge in [-0.15, -0.1) is 0 Å². The maximum Gasteiger partial charge on any atom is 0.290 e. The summed E-state index contributed by atoms with van der Waals surface area (Å²) in [6.45, 7) is 6.46. The lowest BCUT2D eigenvalue weighted by Crippen LogP contribution is -2.39. The van der Waals surface area contributed by atoms with Crippen LogP contribution in [-0.4, -0.2) is 31.8 Å². The first-order valence-electron chi connectivity index (χ1n) is 15.6. The van der Waals surface area contributed by atoms with Gasteiger partial charge in [0, 0.05) is 63.9 Å². The zero-order valence-corrected chi connectivity index (χ0v) is 30.0. The first kappa shape index (κ1) is 36.6. The normalized spacial score (nSPS) is 16.7. The number of halogens is 3. The second-order valence-electron chi connectivity index (χ2n) is 11.2. The summed E-state index contributed by atoms with van der Waals surface area (Å²) < 4.78 is 6.16. The number of anilines is 3. The molecule has 0 aliphatic carbocycles. The van der Waals surface area contributed by atoms with Gasteiger partial charge < -0.3 is 25.8 Å². The van der Waals surface area contributed by atoms with E-state index in [1.807, 2.05) is 125 Å². The first-order valence-corrected chi connectivity index (χ1v) is 16.7. The van der Waals surface area contributed by atoms with Crippen LogP contribution in [0.5, 0.6) is 0 Å². The van der Waals surface area contributed by atoms with Gasteiger partial charge in [-0.3, -0.25) is 0 Å². The Morgan fingerprint density at radius 2 is 1.35 bits per heavy atom. The van der Waals surface area contributed by atoms with Crippen LogP contribution < -0.4 is 16.0 Å². The summed E-state index contributed by atoms with van der Waals surface area (Å²) in [5.74, 6) is 0. The van der Waals surface area contributed by atoms with E-state index in [9.17, 15) is 5.11 Å². The summed E-state index contributed by atoms with van der Waals surface area (Å²) >= 11 is 17.8. The molecule has 6 rings (SSSR count). The molecule has 0 spiro atoms. The number of ether oxygens (including phenoxy) is 1. The minimum absolute atomic E-state index is 0.540. The third kappa shape index (κ3) is 9.03. The molecule has 5 aromatic rings. The second kappa shape index (κ2) is 16.8. The first-order chi connectivity index (χ1) is 23.0. The van der Waals surface area contributed by atoms with Crippen LogP contribution in [0.2, 0.25) is 15.1 Å². The Morgan fingerprint density at radius 1 is 0.771 bits per heavy atom. The average molecular weight is 704 g/mol. The predicted octanol–water partition coefficient (Wildman–Crippen LogP) is 10.4. The summed E-state index contributed by atoms with van der Waals surface area (Å²) in [5, 5.41) is 22.2. The number of hydrogen-bond donors (Lipinski definition) is 4. The fourth-order valence-electron chi connectivity index (χ4n) is 5.27. The molecule has 250 valence electrons.